The van der Waals surface area contributed by atoms with Crippen LogP contribution in [0.15, 0.2) is 96.3 Å². The molecule has 0 spiro atoms. The number of nitrogens with two attached hydrogens (primary N) is 1. The monoisotopic (exact) mass is 819 g/mol. The highest BCUT2D eigenvalue weighted by atomic mass is 32.2. The molecule has 0 radical (unpaired) electrons. The van der Waals surface area contributed by atoms with Crippen LogP contribution in [0.25, 0.3) is 0 Å². The van der Waals surface area contributed by atoms with Crippen molar-refractivity contribution in [3.63, 3.8) is 0 Å². The van der Waals surface area contributed by atoms with Gasteiger partial charge in [-0.05, 0) is 48.9 Å². The Morgan fingerprint density at radius 2 is 1.60 bits per heavy atom. The number of nitrogens with zero attached hydrogens (tertiary/aromatic N) is 3. The molecule has 3 amide bonds. The maximum atomic E-state index is 14.8. The van der Waals surface area contributed by atoms with Gasteiger partial charge in [-0.3, -0.25) is 29.4 Å². The Kier molecular flexibility index (Phi) is 15.9. The first-order valence-corrected chi connectivity index (χ1v) is 20.0. The summed E-state index contributed by atoms with van der Waals surface area (Å²) in [5.41, 5.74) is 8.37. The van der Waals surface area contributed by atoms with Gasteiger partial charge in [-0.2, -0.15) is 4.72 Å². The van der Waals surface area contributed by atoms with E-state index in [1.165, 1.54) is 48.9 Å². The number of imidazole rings is 1. The molecule has 0 bridgehead atoms. The third kappa shape index (κ3) is 12.1. The molecule has 1 unspecified atom stereocenters. The number of aromatic amines is 1. The summed E-state index contributed by atoms with van der Waals surface area (Å²) in [7, 11) is -3.18. The Labute approximate surface area is 336 Å². The number of sulfonamides is 1. The smallest absolute Gasteiger partial charge is 0.329 e. The summed E-state index contributed by atoms with van der Waals surface area (Å²) in [6.45, 7) is 5.16. The second-order valence-corrected chi connectivity index (χ2v) is 15.7. The molecule has 6 atom stereocenters. The zero-order valence-corrected chi connectivity index (χ0v) is 33.4. The van der Waals surface area contributed by atoms with Crippen molar-refractivity contribution >= 4 is 39.4 Å². The first-order chi connectivity index (χ1) is 27.5. The summed E-state index contributed by atoms with van der Waals surface area (Å²) >= 11 is 0. The molecular weight excluding hydrogens is 771 g/mol. The van der Waals surface area contributed by atoms with Crippen LogP contribution in [0.5, 0.6) is 0 Å². The van der Waals surface area contributed by atoms with Crippen molar-refractivity contribution < 1.29 is 42.4 Å². The molecule has 3 aromatic carbocycles. The third-order valence-corrected chi connectivity index (χ3v) is 11.2. The van der Waals surface area contributed by atoms with Gasteiger partial charge in [0.2, 0.25) is 21.8 Å². The molecule has 4 rings (SSSR count). The summed E-state index contributed by atoms with van der Waals surface area (Å²) in [6, 6.07) is 14.5. The molecule has 310 valence electrons. The molecule has 58 heavy (non-hydrogen) atoms. The van der Waals surface area contributed by atoms with Crippen LogP contribution in [-0.4, -0.2) is 94.4 Å². The van der Waals surface area contributed by atoms with E-state index < -0.39 is 81.2 Å². The van der Waals surface area contributed by atoms with Gasteiger partial charge in [0.15, 0.2) is 0 Å². The van der Waals surface area contributed by atoms with Crippen molar-refractivity contribution in [2.24, 2.45) is 11.7 Å². The van der Waals surface area contributed by atoms with E-state index in [4.69, 9.17) is 10.5 Å². The number of benzene rings is 3. The number of ether oxygens (including phenoxy) is 1. The number of amides is 3. The first-order valence-electron chi connectivity index (χ1n) is 18.6. The molecule has 1 aromatic heterocycles. The van der Waals surface area contributed by atoms with Crippen LogP contribution in [-0.2, 0) is 53.2 Å². The number of hydrogen-bond donors (Lipinski definition) is 5. The Morgan fingerprint density at radius 1 is 0.966 bits per heavy atom. The summed E-state index contributed by atoms with van der Waals surface area (Å²) in [4.78, 5) is 74.8. The van der Waals surface area contributed by atoms with E-state index >= 15 is 0 Å². The first kappa shape index (κ1) is 44.9. The zero-order valence-electron chi connectivity index (χ0n) is 32.6. The van der Waals surface area contributed by atoms with Crippen LogP contribution in [0, 0.1) is 23.0 Å². The molecular formula is C40H49N7O10S. The van der Waals surface area contributed by atoms with Crippen LogP contribution in [0.1, 0.15) is 49.1 Å². The predicted octanol–water partition coefficient (Wildman–Crippen LogP) is 2.51. The normalized spacial score (nSPS) is 14.6. The fourth-order valence-corrected chi connectivity index (χ4v) is 7.40. The number of aryl methyl sites for hydroxylation is 1. The van der Waals surface area contributed by atoms with Gasteiger partial charge in [-0.25, -0.2) is 18.2 Å². The Hall–Kier alpha value is -5.82. The second-order valence-electron chi connectivity index (χ2n) is 14.0. The number of carbonyl (C=O) groups excluding carboxylic acids is 4. The van der Waals surface area contributed by atoms with Gasteiger partial charge < -0.3 is 25.9 Å². The van der Waals surface area contributed by atoms with E-state index in [1.54, 1.807) is 63.2 Å². The highest BCUT2D eigenvalue weighted by Crippen LogP contribution is 2.22. The number of hydrogen-bond acceptors (Lipinski definition) is 12. The molecule has 18 heteroatoms. The van der Waals surface area contributed by atoms with E-state index in [2.05, 4.69) is 20.0 Å². The Morgan fingerprint density at radius 3 is 2.17 bits per heavy atom. The molecule has 0 fully saturated rings. The number of carbonyl (C=O) groups is 4. The number of aromatic nitrogens is 2. The highest BCUT2D eigenvalue weighted by Gasteiger charge is 2.43. The maximum absolute atomic E-state index is 14.8. The Bertz CT molecular complexity index is 2120. The van der Waals surface area contributed by atoms with Crippen molar-refractivity contribution in [3.8, 4) is 0 Å². The van der Waals surface area contributed by atoms with Crippen LogP contribution in [0.3, 0.4) is 0 Å². The number of non-ortho nitro benzene ring substituents is 1. The molecule has 0 aliphatic carbocycles. The van der Waals surface area contributed by atoms with Crippen molar-refractivity contribution in [2.45, 2.75) is 88.0 Å². The summed E-state index contributed by atoms with van der Waals surface area (Å²) in [5.74, 6) is -4.56. The van der Waals surface area contributed by atoms with E-state index in [0.717, 1.165) is 12.7 Å². The van der Waals surface area contributed by atoms with Crippen LogP contribution in [0.4, 0.5) is 5.69 Å². The molecule has 17 nitrogen and oxygen atoms in total. The largest absolute Gasteiger partial charge is 0.467 e. The fourth-order valence-electron chi connectivity index (χ4n) is 6.20. The highest BCUT2D eigenvalue weighted by molar-refractivity contribution is 7.89. The van der Waals surface area contributed by atoms with E-state index in [-0.39, 0.29) is 35.5 Å². The van der Waals surface area contributed by atoms with Gasteiger partial charge in [-0.15, -0.1) is 0 Å². The van der Waals surface area contributed by atoms with Crippen molar-refractivity contribution in [2.75, 3.05) is 7.11 Å². The average Bonchev–Trinajstić information content (AvgIpc) is 3.72. The van der Waals surface area contributed by atoms with E-state index in [9.17, 15) is 42.8 Å². The number of H-pyrrole nitrogens is 1. The number of methoxy groups -OCH3 is 1. The fraction of sp³-hybridized carbons (Fsp3) is 0.375. The number of rotatable bonds is 20. The molecule has 4 aromatic rings. The number of imide groups is 1. The van der Waals surface area contributed by atoms with Gasteiger partial charge in [0.25, 0.3) is 11.6 Å². The van der Waals surface area contributed by atoms with Gasteiger partial charge in [0.1, 0.15) is 18.1 Å². The summed E-state index contributed by atoms with van der Waals surface area (Å²) < 4.78 is 34.7. The van der Waals surface area contributed by atoms with Gasteiger partial charge >= 0.3 is 5.97 Å². The molecule has 0 saturated carbocycles. The molecule has 0 aliphatic rings. The SMILES string of the molecule is CC[C@H](C)[C@@H](C(=O)OC)N(C(=O)CC(O)[C@@H](N)Cc1ccc([N+](=O)[O-])cc1)C(=O)[C@H](Cc1c[nH]cn1)NC(=O)[C@H](Cc1ccccc1)NS(=O)(=O)c1ccc(C)cc1. The standard InChI is InChI=1S/C40H49N7O10S/c1-5-26(3)37(40(52)57-4)46(36(49)22-35(48)32(41)19-28-13-15-30(16-14-28)47(53)54)39(51)34(21-29-23-42-24-43-29)44-38(50)33(20-27-9-7-6-8-10-27)45-58(55,56)31-17-11-25(2)12-18-31/h6-18,23-24,26,32-35,37,45,48H,5,19-22,41H2,1-4H3,(H,42,43)(H,44,50)/t26-,32-,33-,34-,35?,37-/m0/s1. The lowest BCUT2D eigenvalue weighted by Gasteiger charge is -2.35. The van der Waals surface area contributed by atoms with Crippen LogP contribution in [0.2, 0.25) is 0 Å². The number of nitro groups is 1. The molecule has 0 saturated heterocycles. The lowest BCUT2D eigenvalue weighted by atomic mass is 9.94. The zero-order chi connectivity index (χ0) is 42.6. The lowest BCUT2D eigenvalue weighted by molar-refractivity contribution is -0.384. The van der Waals surface area contributed by atoms with Gasteiger partial charge in [0.05, 0.1) is 41.5 Å². The van der Waals surface area contributed by atoms with Crippen molar-refractivity contribution in [1.29, 1.82) is 0 Å². The minimum Gasteiger partial charge on any atom is -0.467 e. The summed E-state index contributed by atoms with van der Waals surface area (Å²) in [6.07, 6.45) is 0.402. The minimum absolute atomic E-state index is 0.00528. The van der Waals surface area contributed by atoms with Crippen LogP contribution >= 0.6 is 0 Å². The van der Waals surface area contributed by atoms with E-state index in [0.29, 0.717) is 22.4 Å². The van der Waals surface area contributed by atoms with Gasteiger partial charge in [-0.1, -0.05) is 80.4 Å². The van der Waals surface area contributed by atoms with E-state index in [1.807, 2.05) is 0 Å². The Balaban J connectivity index is 1.70. The van der Waals surface area contributed by atoms with Crippen molar-refractivity contribution in [1.82, 2.24) is 24.9 Å². The molecule has 6 N–H and O–H groups in total. The maximum Gasteiger partial charge on any atom is 0.329 e. The van der Waals surface area contributed by atoms with Gasteiger partial charge in [0, 0.05) is 30.8 Å². The number of nitrogens with one attached hydrogen (secondary N) is 3. The van der Waals surface area contributed by atoms with Crippen LogP contribution < -0.4 is 15.8 Å². The van der Waals surface area contributed by atoms with Crippen molar-refractivity contribution in [3.05, 3.63) is 124 Å². The lowest BCUT2D eigenvalue weighted by Crippen LogP contribution is -2.61. The number of nitro benzene ring substituents is 1. The molecule has 0 aliphatic heterocycles. The number of esters is 1. The molecule has 1 heterocycles. The second kappa shape index (κ2) is 20.6. The summed E-state index contributed by atoms with van der Waals surface area (Å²) in [5, 5.41) is 24.9. The number of aliphatic hydroxyl groups excluding tert-OH is 1. The average molecular weight is 820 g/mol. The third-order valence-electron chi connectivity index (χ3n) is 9.72. The topological polar surface area (TPSA) is 257 Å². The number of aliphatic hydroxyl groups is 1. The minimum atomic E-state index is -4.28. The quantitative estimate of drug-likeness (QED) is 0.0490. The predicted molar refractivity (Wildman–Crippen MR) is 212 cm³/mol.